The first-order valence-electron chi connectivity index (χ1n) is 10.0. The number of hydrogen-bond donors (Lipinski definition) is 2. The van der Waals surface area contributed by atoms with E-state index >= 15 is 0 Å². The van der Waals surface area contributed by atoms with E-state index in [1.165, 1.54) is 0 Å². The molecule has 3 aromatic rings. The van der Waals surface area contributed by atoms with Crippen LogP contribution in [0.15, 0.2) is 41.3 Å². The molecule has 152 valence electrons. The van der Waals surface area contributed by atoms with Gasteiger partial charge in [-0.1, -0.05) is 18.2 Å². The van der Waals surface area contributed by atoms with Crippen LogP contribution >= 0.6 is 11.8 Å². The van der Waals surface area contributed by atoms with Gasteiger partial charge in [0.25, 0.3) is 0 Å². The molecule has 0 saturated carbocycles. The van der Waals surface area contributed by atoms with E-state index in [1.54, 1.807) is 18.9 Å². The largest absolute Gasteiger partial charge is 0.496 e. The van der Waals surface area contributed by atoms with Gasteiger partial charge in [-0.25, -0.2) is 0 Å². The van der Waals surface area contributed by atoms with Gasteiger partial charge in [-0.3, -0.25) is 4.79 Å². The second kappa shape index (κ2) is 8.13. The number of aliphatic hydroxyl groups is 1. The van der Waals surface area contributed by atoms with Crippen LogP contribution in [-0.2, 0) is 11.2 Å². The molecule has 1 amide bonds. The predicted molar refractivity (Wildman–Crippen MR) is 118 cm³/mol. The van der Waals surface area contributed by atoms with Gasteiger partial charge in [-0.2, -0.15) is 0 Å². The second-order valence-electron chi connectivity index (χ2n) is 7.07. The molecular weight excluding hydrogens is 384 g/mol. The average Bonchev–Trinajstić information content (AvgIpc) is 3.14. The van der Waals surface area contributed by atoms with E-state index in [4.69, 9.17) is 4.74 Å². The van der Waals surface area contributed by atoms with Crippen LogP contribution in [0.3, 0.4) is 0 Å². The van der Waals surface area contributed by atoms with Crippen molar-refractivity contribution in [3.05, 3.63) is 47.5 Å². The maximum Gasteiger partial charge on any atom is 0.240 e. The number of nitrogens with zero attached hydrogens (tertiary/aromatic N) is 1. The Hall–Kier alpha value is -2.44. The Morgan fingerprint density at radius 2 is 1.97 bits per heavy atom. The van der Waals surface area contributed by atoms with Gasteiger partial charge < -0.3 is 19.7 Å². The molecule has 0 saturated heterocycles. The van der Waals surface area contributed by atoms with Crippen LogP contribution < -0.4 is 4.74 Å². The highest BCUT2D eigenvalue weighted by molar-refractivity contribution is 8.00. The SMILES string of the molecule is CCN(CC)C(=O)C1Sc2cccc(CCO)c2-c2[nH]c3cccc(OC)c3c21. The molecule has 1 unspecified atom stereocenters. The lowest BCUT2D eigenvalue weighted by Gasteiger charge is -2.30. The quantitative estimate of drug-likeness (QED) is 0.632. The first-order valence-corrected chi connectivity index (χ1v) is 10.9. The number of aliphatic hydroxyl groups excluding tert-OH is 1. The van der Waals surface area contributed by atoms with E-state index in [-0.39, 0.29) is 17.8 Å². The number of likely N-dealkylation sites (N-methyl/N-ethyl adjacent to an activating group) is 1. The molecule has 1 aliphatic rings. The fourth-order valence-corrected chi connectivity index (χ4v) is 5.58. The van der Waals surface area contributed by atoms with Crippen molar-refractivity contribution < 1.29 is 14.6 Å². The number of thioether (sulfide) groups is 1. The summed E-state index contributed by atoms with van der Waals surface area (Å²) in [6.45, 7) is 5.47. The molecule has 5 nitrogen and oxygen atoms in total. The minimum Gasteiger partial charge on any atom is -0.496 e. The first kappa shape index (κ1) is 19.9. The first-order chi connectivity index (χ1) is 14.1. The summed E-state index contributed by atoms with van der Waals surface area (Å²) < 4.78 is 5.66. The number of H-pyrrole nitrogens is 1. The summed E-state index contributed by atoms with van der Waals surface area (Å²) in [5.74, 6) is 0.882. The number of methoxy groups -OCH3 is 1. The lowest BCUT2D eigenvalue weighted by Crippen LogP contribution is -2.34. The highest BCUT2D eigenvalue weighted by Crippen LogP contribution is 2.54. The van der Waals surface area contributed by atoms with Crippen LogP contribution in [0, 0.1) is 0 Å². The van der Waals surface area contributed by atoms with E-state index < -0.39 is 0 Å². The topological polar surface area (TPSA) is 65.6 Å². The number of aromatic nitrogens is 1. The van der Waals surface area contributed by atoms with Crippen LogP contribution in [0.25, 0.3) is 22.2 Å². The zero-order valence-corrected chi connectivity index (χ0v) is 17.8. The maximum absolute atomic E-state index is 13.5. The summed E-state index contributed by atoms with van der Waals surface area (Å²) in [6.07, 6.45) is 0.574. The summed E-state index contributed by atoms with van der Waals surface area (Å²) in [5.41, 5.74) is 5.07. The molecule has 2 aromatic carbocycles. The van der Waals surface area contributed by atoms with Crippen molar-refractivity contribution in [1.82, 2.24) is 9.88 Å². The molecule has 0 spiro atoms. The van der Waals surface area contributed by atoms with Crippen molar-refractivity contribution in [3.63, 3.8) is 0 Å². The molecule has 1 aromatic heterocycles. The van der Waals surface area contributed by atoms with Crippen molar-refractivity contribution in [1.29, 1.82) is 0 Å². The lowest BCUT2D eigenvalue weighted by atomic mass is 9.95. The third kappa shape index (κ3) is 3.20. The van der Waals surface area contributed by atoms with Crippen molar-refractivity contribution in [2.75, 3.05) is 26.8 Å². The molecule has 0 fully saturated rings. The Kier molecular flexibility index (Phi) is 5.56. The smallest absolute Gasteiger partial charge is 0.240 e. The molecular formula is C23H26N2O3S. The zero-order chi connectivity index (χ0) is 20.5. The molecule has 4 rings (SSSR count). The van der Waals surface area contributed by atoms with Crippen molar-refractivity contribution in [3.8, 4) is 17.0 Å². The van der Waals surface area contributed by atoms with Crippen molar-refractivity contribution in [2.24, 2.45) is 0 Å². The van der Waals surface area contributed by atoms with Gasteiger partial charge >= 0.3 is 0 Å². The normalized spacial score (nSPS) is 15.1. The molecule has 2 heterocycles. The molecule has 0 bridgehead atoms. The zero-order valence-electron chi connectivity index (χ0n) is 17.0. The monoisotopic (exact) mass is 410 g/mol. The average molecular weight is 411 g/mol. The number of hydrogen-bond acceptors (Lipinski definition) is 4. The molecule has 2 N–H and O–H groups in total. The number of ether oxygens (including phenoxy) is 1. The number of carbonyl (C=O) groups is 1. The van der Waals surface area contributed by atoms with Gasteiger partial charge in [-0.05, 0) is 44.0 Å². The Morgan fingerprint density at radius 1 is 1.21 bits per heavy atom. The molecule has 6 heteroatoms. The van der Waals surface area contributed by atoms with Crippen molar-refractivity contribution in [2.45, 2.75) is 30.4 Å². The fourth-order valence-electron chi connectivity index (χ4n) is 4.22. The maximum atomic E-state index is 13.5. The molecule has 0 aliphatic carbocycles. The number of amides is 1. The summed E-state index contributed by atoms with van der Waals surface area (Å²) >= 11 is 1.60. The van der Waals surface area contributed by atoms with E-state index in [9.17, 15) is 9.90 Å². The summed E-state index contributed by atoms with van der Waals surface area (Å²) in [4.78, 5) is 20.0. The van der Waals surface area contributed by atoms with E-state index in [0.29, 0.717) is 19.5 Å². The fraction of sp³-hybridized carbons (Fsp3) is 0.348. The number of nitrogens with one attached hydrogen (secondary N) is 1. The van der Waals surface area contributed by atoms with Gasteiger partial charge in [0.1, 0.15) is 11.0 Å². The van der Waals surface area contributed by atoms with Crippen LogP contribution in [0.2, 0.25) is 0 Å². The van der Waals surface area contributed by atoms with Crippen LogP contribution in [-0.4, -0.2) is 47.7 Å². The molecule has 0 radical (unpaired) electrons. The Morgan fingerprint density at radius 3 is 2.66 bits per heavy atom. The van der Waals surface area contributed by atoms with Crippen molar-refractivity contribution >= 4 is 28.6 Å². The van der Waals surface area contributed by atoms with Gasteiger partial charge in [0.05, 0.1) is 12.8 Å². The van der Waals surface area contributed by atoms with Gasteiger partial charge in [0.2, 0.25) is 5.91 Å². The molecule has 1 atom stereocenters. The number of carbonyl (C=O) groups excluding carboxylic acids is 1. The summed E-state index contributed by atoms with van der Waals surface area (Å²) in [5, 5.41) is 10.2. The third-order valence-electron chi connectivity index (χ3n) is 5.59. The van der Waals surface area contributed by atoms with Crippen LogP contribution in [0.4, 0.5) is 0 Å². The highest BCUT2D eigenvalue weighted by Gasteiger charge is 2.37. The van der Waals surface area contributed by atoms with Gasteiger partial charge in [0, 0.05) is 46.6 Å². The standard InChI is InChI=1S/C23H26N2O3S/c1-4-25(5-2)23(27)22-20-19-15(9-7-10-16(19)28-3)24-21(20)18-14(12-13-26)8-6-11-17(18)29-22/h6-11,22,24,26H,4-5,12-13H2,1-3H3. The Labute approximate surface area is 175 Å². The summed E-state index contributed by atoms with van der Waals surface area (Å²) in [6, 6.07) is 12.0. The van der Waals surface area contributed by atoms with E-state index in [2.05, 4.69) is 17.1 Å². The third-order valence-corrected chi connectivity index (χ3v) is 6.86. The predicted octanol–water partition coefficient (Wildman–Crippen LogP) is 4.39. The lowest BCUT2D eigenvalue weighted by molar-refractivity contribution is -0.130. The number of aromatic amines is 1. The minimum atomic E-state index is -0.341. The second-order valence-corrected chi connectivity index (χ2v) is 8.22. The summed E-state index contributed by atoms with van der Waals surface area (Å²) in [7, 11) is 1.66. The van der Waals surface area contributed by atoms with E-state index in [0.717, 1.165) is 43.9 Å². The van der Waals surface area contributed by atoms with E-state index in [1.807, 2.05) is 43.0 Å². The van der Waals surface area contributed by atoms with Crippen LogP contribution in [0.1, 0.15) is 30.2 Å². The Balaban J connectivity index is 2.01. The van der Waals surface area contributed by atoms with Crippen LogP contribution in [0.5, 0.6) is 5.75 Å². The minimum absolute atomic E-state index is 0.0851. The highest BCUT2D eigenvalue weighted by atomic mass is 32.2. The number of rotatable bonds is 6. The molecule has 29 heavy (non-hydrogen) atoms. The number of benzene rings is 2. The Bertz CT molecular complexity index is 1060. The number of fused-ring (bicyclic) bond motifs is 5. The molecule has 1 aliphatic heterocycles. The van der Waals surface area contributed by atoms with Gasteiger partial charge in [-0.15, -0.1) is 11.8 Å². The van der Waals surface area contributed by atoms with Gasteiger partial charge in [0.15, 0.2) is 0 Å².